The van der Waals surface area contributed by atoms with E-state index in [0.717, 1.165) is 122 Å². The minimum Gasteiger partial charge on any atom is -0.394 e. The summed E-state index contributed by atoms with van der Waals surface area (Å²) in [7, 11) is 0. The number of allylic oxidation sites excluding steroid dienone is 25. The van der Waals surface area contributed by atoms with Gasteiger partial charge in [-0.1, -0.05) is 230 Å². The van der Waals surface area contributed by atoms with Crippen LogP contribution < -0.4 is 5.32 Å². The van der Waals surface area contributed by atoms with Gasteiger partial charge in [0.2, 0.25) is 5.91 Å². The second-order valence-electron chi connectivity index (χ2n) is 16.8. The molecule has 2 unspecified atom stereocenters. The first-order valence-electron chi connectivity index (χ1n) is 26.2. The maximum atomic E-state index is 12.4. The number of unbranched alkanes of at least 4 members (excludes halogenated alkanes) is 14. The Morgan fingerprint density at radius 3 is 1.08 bits per heavy atom. The smallest absolute Gasteiger partial charge is 0.220 e. The minimum atomic E-state index is -0.893. The van der Waals surface area contributed by atoms with Crippen molar-refractivity contribution in [1.29, 1.82) is 0 Å². The zero-order valence-electron chi connectivity index (χ0n) is 41.7. The molecule has 0 spiro atoms. The fourth-order valence-electron chi connectivity index (χ4n) is 6.77. The van der Waals surface area contributed by atoms with Crippen molar-refractivity contribution in [3.05, 3.63) is 158 Å². The molecule has 0 aromatic heterocycles. The number of aliphatic hydroxyl groups excluding tert-OH is 2. The first-order chi connectivity index (χ1) is 32.2. The Morgan fingerprint density at radius 1 is 0.385 bits per heavy atom. The lowest BCUT2D eigenvalue weighted by Gasteiger charge is -2.19. The van der Waals surface area contributed by atoms with Gasteiger partial charge >= 0.3 is 0 Å². The van der Waals surface area contributed by atoms with Crippen molar-refractivity contribution in [3.8, 4) is 0 Å². The monoisotopic (exact) mass is 892 g/mol. The molecular formula is C61H97NO3. The van der Waals surface area contributed by atoms with Crippen LogP contribution in [0.1, 0.15) is 200 Å². The van der Waals surface area contributed by atoms with E-state index in [9.17, 15) is 15.0 Å². The summed E-state index contributed by atoms with van der Waals surface area (Å²) in [6, 6.07) is -0.672. The molecule has 0 heterocycles. The van der Waals surface area contributed by atoms with E-state index >= 15 is 0 Å². The van der Waals surface area contributed by atoms with Crippen LogP contribution in [0.5, 0.6) is 0 Å². The van der Waals surface area contributed by atoms with Gasteiger partial charge in [-0.2, -0.15) is 0 Å². The van der Waals surface area contributed by atoms with Crippen LogP contribution in [0.25, 0.3) is 0 Å². The fraction of sp³-hybridized carbons (Fsp3) is 0.557. The molecule has 0 saturated heterocycles. The van der Waals surface area contributed by atoms with E-state index in [2.05, 4.69) is 165 Å². The van der Waals surface area contributed by atoms with Crippen molar-refractivity contribution < 1.29 is 15.0 Å². The van der Waals surface area contributed by atoms with Crippen LogP contribution in [0.2, 0.25) is 0 Å². The van der Waals surface area contributed by atoms with Crippen LogP contribution in [-0.4, -0.2) is 34.9 Å². The highest BCUT2D eigenvalue weighted by Gasteiger charge is 2.17. The third-order valence-electron chi connectivity index (χ3n) is 10.7. The highest BCUT2D eigenvalue weighted by atomic mass is 16.3. The van der Waals surface area contributed by atoms with Gasteiger partial charge < -0.3 is 15.5 Å². The molecule has 0 fully saturated rings. The number of amides is 1. The lowest BCUT2D eigenvalue weighted by molar-refractivity contribution is -0.123. The lowest BCUT2D eigenvalue weighted by atomic mass is 10.1. The van der Waals surface area contributed by atoms with Crippen molar-refractivity contribution in [2.75, 3.05) is 6.61 Å². The second kappa shape index (κ2) is 54.3. The molecule has 0 rings (SSSR count). The highest BCUT2D eigenvalue weighted by molar-refractivity contribution is 5.76. The first kappa shape index (κ1) is 61.0. The maximum absolute atomic E-state index is 12.4. The molecule has 0 bridgehead atoms. The normalized spacial score (nSPS) is 14.2. The molecule has 2 atom stereocenters. The Kier molecular flexibility index (Phi) is 51.0. The predicted molar refractivity (Wildman–Crippen MR) is 289 cm³/mol. The quantitative estimate of drug-likeness (QED) is 0.0421. The molecule has 364 valence electrons. The Morgan fingerprint density at radius 2 is 0.692 bits per heavy atom. The van der Waals surface area contributed by atoms with Crippen LogP contribution >= 0.6 is 0 Å². The van der Waals surface area contributed by atoms with E-state index in [1.807, 2.05) is 6.08 Å². The molecule has 1 amide bonds. The molecule has 0 aromatic rings. The van der Waals surface area contributed by atoms with Gasteiger partial charge in [0.25, 0.3) is 0 Å². The van der Waals surface area contributed by atoms with Crippen molar-refractivity contribution >= 4 is 5.91 Å². The molecule has 3 N–H and O–H groups in total. The molecule has 0 aromatic carbocycles. The Labute approximate surface area is 401 Å². The predicted octanol–water partition coefficient (Wildman–Crippen LogP) is 17.4. The van der Waals surface area contributed by atoms with Gasteiger partial charge in [0.05, 0.1) is 18.8 Å². The zero-order valence-corrected chi connectivity index (χ0v) is 41.7. The Balaban J connectivity index is 3.76. The van der Waals surface area contributed by atoms with Gasteiger partial charge in [-0.3, -0.25) is 4.79 Å². The first-order valence-corrected chi connectivity index (χ1v) is 26.2. The molecule has 0 saturated carbocycles. The van der Waals surface area contributed by atoms with Gasteiger partial charge in [-0.25, -0.2) is 0 Å². The van der Waals surface area contributed by atoms with Gasteiger partial charge in [0.1, 0.15) is 0 Å². The van der Waals surface area contributed by atoms with E-state index < -0.39 is 12.1 Å². The molecule has 0 aliphatic carbocycles. The van der Waals surface area contributed by atoms with E-state index in [0.29, 0.717) is 6.42 Å². The van der Waals surface area contributed by atoms with Gasteiger partial charge in [0.15, 0.2) is 0 Å². The standard InChI is InChI=1S/C61H97NO3/c1-3-5-7-9-11-13-15-17-19-21-23-24-25-26-27-28-29-30-31-32-33-34-35-36-37-38-39-41-43-45-47-49-51-53-55-57-61(65)62-59(58-63)60(64)56-54-52-50-48-46-44-42-40-22-20-18-16-14-12-10-8-6-4-2/h5,7,11,13,17,19,22-24,26-27,29-30,32-33,35-36,38-40,43,45-46,48,54,56,59-60,63-64H,3-4,6,8-10,12,14-16,18,20-21,25,28,31,34,37,41-42,44,47,49-53,55,57-58H2,1-2H3,(H,62,65)/b7-5-,13-11-,19-17-,24-23-,27-26-,30-29-,33-32-,36-35-,39-38-,40-22+,45-43-,48-46+,56-54+. The molecule has 4 heteroatoms. The van der Waals surface area contributed by atoms with Crippen LogP contribution in [0.15, 0.2) is 158 Å². The summed E-state index contributed by atoms with van der Waals surface area (Å²) in [6.45, 7) is 4.15. The van der Waals surface area contributed by atoms with Gasteiger partial charge in [0, 0.05) is 6.42 Å². The van der Waals surface area contributed by atoms with Crippen LogP contribution in [-0.2, 0) is 4.79 Å². The SMILES string of the molecule is CC/C=C\C/C=C\C/C=C\C/C=C\C/C=C\C/C=C\C/C=C\C/C=C\C/C=C\C/C=C\CCCCCCC(=O)NC(CO)C(O)/C=C/CC/C=C/CC/C=C/CCCCCCCCCC. The average molecular weight is 892 g/mol. The number of rotatable bonds is 45. The van der Waals surface area contributed by atoms with Crippen molar-refractivity contribution in [2.24, 2.45) is 0 Å². The van der Waals surface area contributed by atoms with Crippen molar-refractivity contribution in [3.63, 3.8) is 0 Å². The fourth-order valence-corrected chi connectivity index (χ4v) is 6.77. The molecule has 0 radical (unpaired) electrons. The molecular weight excluding hydrogens is 795 g/mol. The van der Waals surface area contributed by atoms with E-state index in [1.165, 1.54) is 57.8 Å². The topological polar surface area (TPSA) is 69.6 Å². The second-order valence-corrected chi connectivity index (χ2v) is 16.8. The summed E-state index contributed by atoms with van der Waals surface area (Å²) in [5.41, 5.74) is 0. The summed E-state index contributed by atoms with van der Waals surface area (Å²) in [6.07, 6.45) is 88.0. The molecule has 4 nitrogen and oxygen atoms in total. The summed E-state index contributed by atoms with van der Waals surface area (Å²) in [5.74, 6) is -0.110. The van der Waals surface area contributed by atoms with Crippen LogP contribution in [0.4, 0.5) is 0 Å². The molecule has 0 aliphatic heterocycles. The average Bonchev–Trinajstić information content (AvgIpc) is 3.31. The number of aliphatic hydroxyl groups is 2. The van der Waals surface area contributed by atoms with Gasteiger partial charge in [-0.15, -0.1) is 0 Å². The maximum Gasteiger partial charge on any atom is 0.220 e. The Hall–Kier alpha value is -3.99. The third-order valence-corrected chi connectivity index (χ3v) is 10.7. The number of hydrogen-bond acceptors (Lipinski definition) is 3. The molecule has 0 aliphatic rings. The summed E-state index contributed by atoms with van der Waals surface area (Å²) >= 11 is 0. The molecule has 65 heavy (non-hydrogen) atoms. The number of hydrogen-bond donors (Lipinski definition) is 3. The van der Waals surface area contributed by atoms with Gasteiger partial charge in [-0.05, 0) is 122 Å². The zero-order chi connectivity index (χ0) is 47.0. The van der Waals surface area contributed by atoms with E-state index in [1.54, 1.807) is 6.08 Å². The largest absolute Gasteiger partial charge is 0.394 e. The third kappa shape index (κ3) is 50.9. The van der Waals surface area contributed by atoms with Crippen LogP contribution in [0.3, 0.4) is 0 Å². The van der Waals surface area contributed by atoms with Crippen LogP contribution in [0, 0.1) is 0 Å². The summed E-state index contributed by atoms with van der Waals surface area (Å²) in [4.78, 5) is 12.4. The highest BCUT2D eigenvalue weighted by Crippen LogP contribution is 2.11. The lowest BCUT2D eigenvalue weighted by Crippen LogP contribution is -2.45. The van der Waals surface area contributed by atoms with Crippen molar-refractivity contribution in [1.82, 2.24) is 5.32 Å². The Bertz CT molecular complexity index is 1430. The van der Waals surface area contributed by atoms with E-state index in [4.69, 9.17) is 0 Å². The van der Waals surface area contributed by atoms with Crippen molar-refractivity contribution in [2.45, 2.75) is 212 Å². The number of carbonyl (C=O) groups excluding carboxylic acids is 1. The van der Waals surface area contributed by atoms with E-state index in [-0.39, 0.29) is 12.5 Å². The summed E-state index contributed by atoms with van der Waals surface area (Å²) in [5, 5.41) is 23.0. The minimum absolute atomic E-state index is 0.110. The summed E-state index contributed by atoms with van der Waals surface area (Å²) < 4.78 is 0. The number of nitrogens with one attached hydrogen (secondary N) is 1. The number of carbonyl (C=O) groups is 1.